The zero-order valence-electron chi connectivity index (χ0n) is 12.5. The van der Waals surface area contributed by atoms with Gasteiger partial charge in [-0.2, -0.15) is 0 Å². The summed E-state index contributed by atoms with van der Waals surface area (Å²) in [6.45, 7) is 2.53. The first-order valence-electron chi connectivity index (χ1n) is 7.56. The molecule has 5 heteroatoms. The summed E-state index contributed by atoms with van der Waals surface area (Å²) < 4.78 is 5.25. The highest BCUT2D eigenvalue weighted by Crippen LogP contribution is 2.48. The molecule has 4 atom stereocenters. The Morgan fingerprint density at radius 3 is 2.90 bits per heavy atom. The molecule has 1 aromatic rings. The number of carbonyl (C=O) groups is 1. The van der Waals surface area contributed by atoms with Crippen molar-refractivity contribution < 1.29 is 14.6 Å². The van der Waals surface area contributed by atoms with E-state index in [1.807, 2.05) is 19.1 Å². The predicted molar refractivity (Wildman–Crippen MR) is 78.1 cm³/mol. The van der Waals surface area contributed by atoms with Gasteiger partial charge < -0.3 is 15.2 Å². The molecule has 4 unspecified atom stereocenters. The summed E-state index contributed by atoms with van der Waals surface area (Å²) in [7, 11) is 1.64. The summed E-state index contributed by atoms with van der Waals surface area (Å²) >= 11 is 0. The number of rotatable bonds is 5. The predicted octanol–water partition coefficient (Wildman–Crippen LogP) is 1.99. The lowest BCUT2D eigenvalue weighted by Gasteiger charge is -2.29. The summed E-state index contributed by atoms with van der Waals surface area (Å²) in [6.07, 6.45) is 3.27. The minimum absolute atomic E-state index is 0.0783. The molecule has 2 aliphatic carbocycles. The van der Waals surface area contributed by atoms with Crippen molar-refractivity contribution in [3.63, 3.8) is 0 Å². The molecule has 0 spiro atoms. The van der Waals surface area contributed by atoms with Gasteiger partial charge in [-0.05, 0) is 38.0 Å². The molecular formula is C16H22N2O3. The summed E-state index contributed by atoms with van der Waals surface area (Å²) in [4.78, 5) is 16.0. The van der Waals surface area contributed by atoms with Crippen LogP contribution in [0.15, 0.2) is 12.1 Å². The van der Waals surface area contributed by atoms with Gasteiger partial charge in [0.1, 0.15) is 5.75 Å². The van der Waals surface area contributed by atoms with Crippen LogP contribution in [-0.4, -0.2) is 29.2 Å². The summed E-state index contributed by atoms with van der Waals surface area (Å²) in [5, 5.41) is 12.9. The highest BCUT2D eigenvalue weighted by atomic mass is 16.5. The summed E-state index contributed by atoms with van der Waals surface area (Å²) in [6, 6.07) is 3.87. The Bertz CT molecular complexity index is 546. The highest BCUT2D eigenvalue weighted by molar-refractivity contribution is 5.72. The maximum atomic E-state index is 11.5. The lowest BCUT2D eigenvalue weighted by Crippen LogP contribution is -2.43. The van der Waals surface area contributed by atoms with Crippen LogP contribution in [0.4, 0.5) is 0 Å². The van der Waals surface area contributed by atoms with Gasteiger partial charge in [-0.1, -0.05) is 0 Å². The highest BCUT2D eigenvalue weighted by Gasteiger charge is 2.50. The number of carboxylic acids is 1. The van der Waals surface area contributed by atoms with E-state index < -0.39 is 5.97 Å². The first-order chi connectivity index (χ1) is 10.1. The minimum atomic E-state index is -0.658. The van der Waals surface area contributed by atoms with E-state index in [1.54, 1.807) is 7.11 Å². The van der Waals surface area contributed by atoms with E-state index in [2.05, 4.69) is 10.3 Å². The average Bonchev–Trinajstić information content (AvgIpc) is 3.04. The van der Waals surface area contributed by atoms with Crippen molar-refractivity contribution in [1.82, 2.24) is 10.3 Å². The molecule has 21 heavy (non-hydrogen) atoms. The smallest absolute Gasteiger partial charge is 0.308 e. The lowest BCUT2D eigenvalue weighted by atomic mass is 9.84. The second-order valence-electron chi connectivity index (χ2n) is 6.24. The molecule has 2 saturated carbocycles. The number of aryl methyl sites for hydroxylation is 1. The average molecular weight is 290 g/mol. The Hall–Kier alpha value is -1.62. The van der Waals surface area contributed by atoms with E-state index in [1.165, 1.54) is 0 Å². The fourth-order valence-corrected chi connectivity index (χ4v) is 4.07. The van der Waals surface area contributed by atoms with Crippen LogP contribution < -0.4 is 10.1 Å². The second kappa shape index (κ2) is 5.64. The number of hydrogen-bond donors (Lipinski definition) is 2. The fraction of sp³-hybridized carbons (Fsp3) is 0.625. The SMILES string of the molecule is COc1cc(C)nc(CNC2C3CCC(C3)C2C(=O)O)c1. The Balaban J connectivity index is 1.69. The Morgan fingerprint density at radius 1 is 1.43 bits per heavy atom. The van der Waals surface area contributed by atoms with Crippen LogP contribution in [0.2, 0.25) is 0 Å². The van der Waals surface area contributed by atoms with Gasteiger partial charge >= 0.3 is 5.97 Å². The van der Waals surface area contributed by atoms with E-state index in [4.69, 9.17) is 4.74 Å². The molecule has 0 saturated heterocycles. The van der Waals surface area contributed by atoms with Crippen molar-refractivity contribution in [2.45, 2.75) is 38.8 Å². The number of ether oxygens (including phenoxy) is 1. The Morgan fingerprint density at radius 2 is 2.19 bits per heavy atom. The number of aromatic nitrogens is 1. The third-order valence-electron chi connectivity index (χ3n) is 4.94. The number of hydrogen-bond acceptors (Lipinski definition) is 4. The van der Waals surface area contributed by atoms with Gasteiger partial charge in [0.25, 0.3) is 0 Å². The Kier molecular flexibility index (Phi) is 3.85. The van der Waals surface area contributed by atoms with Crippen molar-refractivity contribution in [2.24, 2.45) is 17.8 Å². The van der Waals surface area contributed by atoms with Crippen LogP contribution in [0.3, 0.4) is 0 Å². The van der Waals surface area contributed by atoms with Gasteiger partial charge in [0.2, 0.25) is 0 Å². The Labute approximate surface area is 124 Å². The van der Waals surface area contributed by atoms with Crippen LogP contribution >= 0.6 is 0 Å². The van der Waals surface area contributed by atoms with Crippen LogP contribution in [0.1, 0.15) is 30.7 Å². The molecule has 2 bridgehead atoms. The third kappa shape index (κ3) is 2.75. The number of nitrogens with one attached hydrogen (secondary N) is 1. The zero-order valence-corrected chi connectivity index (χ0v) is 12.5. The molecule has 3 rings (SSSR count). The molecular weight excluding hydrogens is 268 g/mol. The monoisotopic (exact) mass is 290 g/mol. The number of carboxylic acid groups (broad SMARTS) is 1. The van der Waals surface area contributed by atoms with Gasteiger partial charge in [0.15, 0.2) is 0 Å². The van der Waals surface area contributed by atoms with Gasteiger partial charge in [0, 0.05) is 30.4 Å². The van der Waals surface area contributed by atoms with Crippen molar-refractivity contribution in [3.8, 4) is 5.75 Å². The normalized spacial score (nSPS) is 30.6. The van der Waals surface area contributed by atoms with Crippen molar-refractivity contribution >= 4 is 5.97 Å². The zero-order chi connectivity index (χ0) is 15.0. The third-order valence-corrected chi connectivity index (χ3v) is 4.94. The molecule has 0 aromatic carbocycles. The molecule has 5 nitrogen and oxygen atoms in total. The minimum Gasteiger partial charge on any atom is -0.497 e. The molecule has 2 aliphatic rings. The van der Waals surface area contributed by atoms with Crippen molar-refractivity contribution in [2.75, 3.05) is 7.11 Å². The first kappa shape index (κ1) is 14.3. The maximum Gasteiger partial charge on any atom is 0.308 e. The van der Waals surface area contributed by atoms with E-state index in [0.717, 1.165) is 36.4 Å². The van der Waals surface area contributed by atoms with E-state index >= 15 is 0 Å². The summed E-state index contributed by atoms with van der Waals surface area (Å²) in [5.74, 6) is 0.750. The molecule has 114 valence electrons. The van der Waals surface area contributed by atoms with Crippen molar-refractivity contribution in [1.29, 1.82) is 0 Å². The van der Waals surface area contributed by atoms with Gasteiger partial charge in [-0.15, -0.1) is 0 Å². The first-order valence-corrected chi connectivity index (χ1v) is 7.56. The summed E-state index contributed by atoms with van der Waals surface area (Å²) in [5.41, 5.74) is 1.81. The number of aliphatic carboxylic acids is 1. The van der Waals surface area contributed by atoms with Crippen LogP contribution in [0.25, 0.3) is 0 Å². The molecule has 0 radical (unpaired) electrons. The van der Waals surface area contributed by atoms with Crippen LogP contribution in [0.5, 0.6) is 5.75 Å². The largest absolute Gasteiger partial charge is 0.497 e. The topological polar surface area (TPSA) is 71.5 Å². The van der Waals surface area contributed by atoms with Crippen LogP contribution in [0, 0.1) is 24.7 Å². The second-order valence-corrected chi connectivity index (χ2v) is 6.24. The number of methoxy groups -OCH3 is 1. The molecule has 2 fully saturated rings. The number of nitrogens with zero attached hydrogens (tertiary/aromatic N) is 1. The van der Waals surface area contributed by atoms with Crippen LogP contribution in [-0.2, 0) is 11.3 Å². The fourth-order valence-electron chi connectivity index (χ4n) is 4.07. The van der Waals surface area contributed by atoms with Gasteiger partial charge in [0.05, 0.1) is 18.7 Å². The van der Waals surface area contributed by atoms with E-state index in [0.29, 0.717) is 18.4 Å². The van der Waals surface area contributed by atoms with Gasteiger partial charge in [-0.25, -0.2) is 0 Å². The van der Waals surface area contributed by atoms with Gasteiger partial charge in [-0.3, -0.25) is 9.78 Å². The quantitative estimate of drug-likeness (QED) is 0.867. The number of pyridine rings is 1. The standard InChI is InChI=1S/C16H22N2O3/c1-9-5-13(21-2)7-12(18-9)8-17-15-11-4-3-10(6-11)14(15)16(19)20/h5,7,10-11,14-15,17H,3-4,6,8H2,1-2H3,(H,19,20). The van der Waals surface area contributed by atoms with Crippen molar-refractivity contribution in [3.05, 3.63) is 23.5 Å². The molecule has 1 aromatic heterocycles. The van der Waals surface area contributed by atoms with E-state index in [-0.39, 0.29) is 12.0 Å². The molecule has 0 amide bonds. The molecule has 0 aliphatic heterocycles. The number of fused-ring (bicyclic) bond motifs is 2. The lowest BCUT2D eigenvalue weighted by molar-refractivity contribution is -0.144. The molecule has 2 N–H and O–H groups in total. The van der Waals surface area contributed by atoms with E-state index in [9.17, 15) is 9.90 Å². The molecule has 1 heterocycles. The maximum absolute atomic E-state index is 11.5.